The van der Waals surface area contributed by atoms with Crippen LogP contribution in [0.15, 0.2) is 0 Å². The van der Waals surface area contributed by atoms with E-state index in [1.165, 1.54) is 0 Å². The second kappa shape index (κ2) is 4.75. The van der Waals surface area contributed by atoms with Crippen molar-refractivity contribution >= 4 is 11.9 Å². The second-order valence-electron chi connectivity index (χ2n) is 2.55. The van der Waals surface area contributed by atoms with Crippen molar-refractivity contribution in [3.63, 3.8) is 0 Å². The van der Waals surface area contributed by atoms with E-state index in [0.717, 1.165) is 0 Å². The molecule has 0 aliphatic heterocycles. The van der Waals surface area contributed by atoms with Crippen LogP contribution in [0.2, 0.25) is 0 Å². The molecular formula is C6H13N3O4. The smallest absolute Gasteiger partial charge is 0.336 e. The molecule has 0 saturated carbocycles. The minimum absolute atomic E-state index is 0.287. The zero-order valence-electron chi connectivity index (χ0n) is 6.99. The highest BCUT2D eigenvalue weighted by molar-refractivity contribution is 6.03. The summed E-state index contributed by atoms with van der Waals surface area (Å²) in [5.41, 5.74) is 7.95. The number of carboxylic acid groups (broad SMARTS) is 2. The van der Waals surface area contributed by atoms with Crippen molar-refractivity contribution in [1.29, 1.82) is 0 Å². The van der Waals surface area contributed by atoms with Crippen LogP contribution in [0.1, 0.15) is 0 Å². The number of aliphatic carboxylic acids is 2. The van der Waals surface area contributed by atoms with Crippen LogP contribution in [-0.2, 0) is 9.59 Å². The van der Waals surface area contributed by atoms with Gasteiger partial charge in [-0.05, 0) is 0 Å². The molecule has 0 atom stereocenters. The third-order valence-electron chi connectivity index (χ3n) is 1.49. The number of carboxylic acids is 2. The Kier molecular flexibility index (Phi) is 4.32. The number of carbonyl (C=O) groups is 2. The average molecular weight is 191 g/mol. The Balaban J connectivity index is 4.26. The van der Waals surface area contributed by atoms with Gasteiger partial charge in [-0.25, -0.2) is 9.59 Å². The molecule has 0 spiro atoms. The molecule has 13 heavy (non-hydrogen) atoms. The molecule has 0 heterocycles. The fourth-order valence-electron chi connectivity index (χ4n) is 0.630. The lowest BCUT2D eigenvalue weighted by Crippen LogP contribution is -2.61. The first-order valence-electron chi connectivity index (χ1n) is 3.61. The summed E-state index contributed by atoms with van der Waals surface area (Å²) in [5, 5.41) is 19.6. The van der Waals surface area contributed by atoms with Crippen molar-refractivity contribution in [3.8, 4) is 0 Å². The van der Waals surface area contributed by atoms with E-state index in [4.69, 9.17) is 21.7 Å². The molecule has 0 unspecified atom stereocenters. The number of nitrogens with one attached hydrogen (secondary N) is 1. The zero-order valence-corrected chi connectivity index (χ0v) is 6.99. The molecule has 0 aromatic carbocycles. The first-order valence-corrected chi connectivity index (χ1v) is 3.61. The highest BCUT2D eigenvalue weighted by Gasteiger charge is 2.42. The maximum atomic E-state index is 10.5. The lowest BCUT2D eigenvalue weighted by atomic mass is 10.0. The highest BCUT2D eigenvalue weighted by atomic mass is 16.4. The maximum Gasteiger partial charge on any atom is 0.336 e. The molecular weight excluding hydrogens is 178 g/mol. The van der Waals surface area contributed by atoms with Gasteiger partial charge in [0.15, 0.2) is 0 Å². The van der Waals surface area contributed by atoms with Gasteiger partial charge in [0.2, 0.25) is 5.54 Å². The van der Waals surface area contributed by atoms with Gasteiger partial charge in [0.1, 0.15) is 0 Å². The SMILES string of the molecule is NCCNCC(N)(C(=O)O)C(=O)O. The highest BCUT2D eigenvalue weighted by Crippen LogP contribution is 1.98. The Morgan fingerprint density at radius 2 is 1.77 bits per heavy atom. The summed E-state index contributed by atoms with van der Waals surface area (Å²) >= 11 is 0. The quantitative estimate of drug-likeness (QED) is 0.229. The van der Waals surface area contributed by atoms with Crippen LogP contribution < -0.4 is 16.8 Å². The van der Waals surface area contributed by atoms with Crippen molar-refractivity contribution in [2.45, 2.75) is 5.54 Å². The summed E-state index contributed by atoms with van der Waals surface area (Å²) < 4.78 is 0. The third kappa shape index (κ3) is 2.98. The Labute approximate surface area is 74.7 Å². The van der Waals surface area contributed by atoms with E-state index >= 15 is 0 Å². The van der Waals surface area contributed by atoms with Gasteiger partial charge in [0, 0.05) is 19.6 Å². The van der Waals surface area contributed by atoms with E-state index in [0.29, 0.717) is 6.54 Å². The fraction of sp³-hybridized carbons (Fsp3) is 0.667. The molecule has 0 aliphatic carbocycles. The largest absolute Gasteiger partial charge is 0.479 e. The lowest BCUT2D eigenvalue weighted by molar-refractivity contribution is -0.156. The minimum atomic E-state index is -2.28. The molecule has 7 heteroatoms. The Morgan fingerprint density at radius 3 is 2.08 bits per heavy atom. The normalized spacial score (nSPS) is 11.2. The van der Waals surface area contributed by atoms with Crippen LogP contribution in [0.5, 0.6) is 0 Å². The molecule has 0 saturated heterocycles. The predicted octanol–water partition coefficient (Wildman–Crippen LogP) is -2.60. The molecule has 0 radical (unpaired) electrons. The molecule has 0 fully saturated rings. The fourth-order valence-corrected chi connectivity index (χ4v) is 0.630. The Hall–Kier alpha value is -1.18. The van der Waals surface area contributed by atoms with Crippen molar-refractivity contribution in [2.75, 3.05) is 19.6 Å². The Morgan fingerprint density at radius 1 is 1.31 bits per heavy atom. The minimum Gasteiger partial charge on any atom is -0.479 e. The van der Waals surface area contributed by atoms with E-state index < -0.39 is 17.5 Å². The van der Waals surface area contributed by atoms with Crippen molar-refractivity contribution in [2.24, 2.45) is 11.5 Å². The summed E-state index contributed by atoms with van der Waals surface area (Å²) in [4.78, 5) is 21.0. The van der Waals surface area contributed by atoms with Gasteiger partial charge in [0.25, 0.3) is 0 Å². The first kappa shape index (κ1) is 11.8. The van der Waals surface area contributed by atoms with Crippen LogP contribution in [-0.4, -0.2) is 47.3 Å². The number of rotatable bonds is 6. The summed E-state index contributed by atoms with van der Waals surface area (Å²) in [6.07, 6.45) is 0. The van der Waals surface area contributed by atoms with Crippen molar-refractivity contribution in [1.82, 2.24) is 5.32 Å². The lowest BCUT2D eigenvalue weighted by Gasteiger charge is -2.19. The zero-order chi connectivity index (χ0) is 10.5. The van der Waals surface area contributed by atoms with E-state index in [1.807, 2.05) is 0 Å². The van der Waals surface area contributed by atoms with Gasteiger partial charge in [-0.2, -0.15) is 0 Å². The number of nitrogens with two attached hydrogens (primary N) is 2. The van der Waals surface area contributed by atoms with Gasteiger partial charge in [-0.3, -0.25) is 0 Å². The van der Waals surface area contributed by atoms with E-state index in [-0.39, 0.29) is 13.1 Å². The summed E-state index contributed by atoms with van der Waals surface area (Å²) in [6.45, 7) is 0.254. The van der Waals surface area contributed by atoms with Crippen LogP contribution in [0.25, 0.3) is 0 Å². The standard InChI is InChI=1S/C6H13N3O4/c7-1-2-9-3-6(8,4(10)11)5(12)13/h9H,1-3,7-8H2,(H,10,11)(H,12,13). The van der Waals surface area contributed by atoms with Gasteiger partial charge >= 0.3 is 11.9 Å². The first-order chi connectivity index (χ1) is 5.95. The summed E-state index contributed by atoms with van der Waals surface area (Å²) in [7, 11) is 0. The topological polar surface area (TPSA) is 139 Å². The third-order valence-corrected chi connectivity index (χ3v) is 1.49. The van der Waals surface area contributed by atoms with Crippen molar-refractivity contribution in [3.05, 3.63) is 0 Å². The summed E-state index contributed by atoms with van der Waals surface area (Å²) in [5.74, 6) is -3.16. The van der Waals surface area contributed by atoms with Crippen LogP contribution in [0.4, 0.5) is 0 Å². The van der Waals surface area contributed by atoms with E-state index in [9.17, 15) is 9.59 Å². The average Bonchev–Trinajstić information content (AvgIpc) is 2.03. The number of hydrogen-bond acceptors (Lipinski definition) is 5. The molecule has 7 nitrogen and oxygen atoms in total. The van der Waals surface area contributed by atoms with E-state index in [2.05, 4.69) is 5.32 Å². The van der Waals surface area contributed by atoms with Gasteiger partial charge in [0.05, 0.1) is 0 Å². The van der Waals surface area contributed by atoms with Crippen LogP contribution in [0.3, 0.4) is 0 Å². The maximum absolute atomic E-state index is 10.5. The number of hydrogen-bond donors (Lipinski definition) is 5. The molecule has 0 rings (SSSR count). The molecule has 0 aliphatic rings. The summed E-state index contributed by atoms with van der Waals surface area (Å²) in [6, 6.07) is 0. The van der Waals surface area contributed by atoms with Crippen LogP contribution in [0, 0.1) is 0 Å². The van der Waals surface area contributed by atoms with Gasteiger partial charge in [-0.1, -0.05) is 0 Å². The monoisotopic (exact) mass is 191 g/mol. The van der Waals surface area contributed by atoms with E-state index in [1.54, 1.807) is 0 Å². The van der Waals surface area contributed by atoms with Crippen molar-refractivity contribution < 1.29 is 19.8 Å². The molecule has 0 amide bonds. The molecule has 0 bridgehead atoms. The molecule has 0 aromatic rings. The molecule has 76 valence electrons. The predicted molar refractivity (Wildman–Crippen MR) is 44.1 cm³/mol. The van der Waals surface area contributed by atoms with Gasteiger partial charge < -0.3 is 27.0 Å². The molecule has 0 aromatic heterocycles. The van der Waals surface area contributed by atoms with Crippen LogP contribution >= 0.6 is 0 Å². The second-order valence-corrected chi connectivity index (χ2v) is 2.55. The molecule has 7 N–H and O–H groups in total. The van der Waals surface area contributed by atoms with Gasteiger partial charge in [-0.15, -0.1) is 0 Å². The Bertz CT molecular complexity index is 192.